The SMILES string of the molecule is CCCCCCCC(C)(c1ccc(F)cc1)c1cc(O)c2c(c1)OC(C)(C)C1=C2CCC1. The molecule has 0 fully saturated rings. The Balaban J connectivity index is 1.75. The van der Waals surface area contributed by atoms with Gasteiger partial charge in [-0.2, -0.15) is 0 Å². The molecule has 0 radical (unpaired) electrons. The number of hydrogen-bond acceptors (Lipinski definition) is 2. The molecule has 1 heterocycles. The van der Waals surface area contributed by atoms with E-state index in [4.69, 9.17) is 4.74 Å². The summed E-state index contributed by atoms with van der Waals surface area (Å²) in [6.07, 6.45) is 10.1. The van der Waals surface area contributed by atoms with Gasteiger partial charge < -0.3 is 9.84 Å². The number of phenols is 1. The molecule has 2 nitrogen and oxygen atoms in total. The Morgan fingerprint density at radius 1 is 1.00 bits per heavy atom. The van der Waals surface area contributed by atoms with Gasteiger partial charge >= 0.3 is 0 Å². The van der Waals surface area contributed by atoms with Crippen LogP contribution in [0.4, 0.5) is 4.39 Å². The van der Waals surface area contributed by atoms with E-state index in [0.717, 1.165) is 54.5 Å². The van der Waals surface area contributed by atoms with Crippen molar-refractivity contribution in [1.82, 2.24) is 0 Å². The number of allylic oxidation sites excluding steroid dienone is 1. The predicted molar refractivity (Wildman–Crippen MR) is 130 cm³/mol. The van der Waals surface area contributed by atoms with Crippen LogP contribution in [0.25, 0.3) is 5.57 Å². The maximum Gasteiger partial charge on any atom is 0.132 e. The Morgan fingerprint density at radius 2 is 1.72 bits per heavy atom. The van der Waals surface area contributed by atoms with E-state index in [1.807, 2.05) is 18.2 Å². The van der Waals surface area contributed by atoms with E-state index in [9.17, 15) is 9.50 Å². The molecule has 1 atom stereocenters. The van der Waals surface area contributed by atoms with Crippen LogP contribution in [-0.2, 0) is 5.41 Å². The first kappa shape index (κ1) is 22.9. The van der Waals surface area contributed by atoms with Crippen molar-refractivity contribution in [2.45, 2.75) is 96.5 Å². The third-order valence-corrected chi connectivity index (χ3v) is 7.59. The van der Waals surface area contributed by atoms with Gasteiger partial charge in [0.15, 0.2) is 0 Å². The number of rotatable bonds is 8. The molecule has 0 aromatic heterocycles. The smallest absolute Gasteiger partial charge is 0.132 e. The van der Waals surface area contributed by atoms with Crippen molar-refractivity contribution in [3.63, 3.8) is 0 Å². The van der Waals surface area contributed by atoms with Gasteiger partial charge in [-0.05, 0) is 86.1 Å². The number of fused-ring (bicyclic) bond motifs is 2. The summed E-state index contributed by atoms with van der Waals surface area (Å²) in [4.78, 5) is 0. The molecule has 2 aromatic rings. The average Bonchev–Trinajstić information content (AvgIpc) is 3.24. The summed E-state index contributed by atoms with van der Waals surface area (Å²) >= 11 is 0. The molecule has 1 N–H and O–H groups in total. The fourth-order valence-corrected chi connectivity index (χ4v) is 5.68. The zero-order valence-electron chi connectivity index (χ0n) is 20.1. The number of benzene rings is 2. The molecule has 0 saturated carbocycles. The summed E-state index contributed by atoms with van der Waals surface area (Å²) in [6.45, 7) is 8.71. The van der Waals surface area contributed by atoms with Crippen LogP contribution in [0.1, 0.15) is 102 Å². The van der Waals surface area contributed by atoms with E-state index in [-0.39, 0.29) is 16.8 Å². The molecule has 32 heavy (non-hydrogen) atoms. The maximum absolute atomic E-state index is 13.7. The highest BCUT2D eigenvalue weighted by Crippen LogP contribution is 2.53. The fourth-order valence-electron chi connectivity index (χ4n) is 5.68. The molecule has 172 valence electrons. The summed E-state index contributed by atoms with van der Waals surface area (Å²) in [7, 11) is 0. The molecular formula is C29H37FO2. The monoisotopic (exact) mass is 436 g/mol. The predicted octanol–water partition coefficient (Wildman–Crippen LogP) is 8.31. The minimum atomic E-state index is -0.351. The standard InChI is InChI=1S/C29H37FO2/c1-5-6-7-8-9-17-29(4,20-13-15-22(30)16-14-20)21-18-25(31)27-23-11-10-12-24(23)28(2,3)32-26(27)19-21/h13-16,18-19,31H,5-12,17H2,1-4H3. The Kier molecular flexibility index (Phi) is 6.38. The van der Waals surface area contributed by atoms with Crippen molar-refractivity contribution in [2.24, 2.45) is 0 Å². The number of aromatic hydroxyl groups is 1. The number of phenolic OH excluding ortho intramolecular Hbond substituents is 1. The molecule has 0 bridgehead atoms. The molecule has 1 aliphatic heterocycles. The second-order valence-electron chi connectivity index (χ2n) is 10.3. The van der Waals surface area contributed by atoms with E-state index in [1.54, 1.807) is 0 Å². The lowest BCUT2D eigenvalue weighted by molar-refractivity contribution is 0.141. The highest BCUT2D eigenvalue weighted by Gasteiger charge is 2.40. The van der Waals surface area contributed by atoms with E-state index in [2.05, 4.69) is 33.8 Å². The van der Waals surface area contributed by atoms with Crippen molar-refractivity contribution < 1.29 is 14.2 Å². The summed E-state index contributed by atoms with van der Waals surface area (Å²) in [5.41, 5.74) is 4.90. The third-order valence-electron chi connectivity index (χ3n) is 7.59. The molecule has 1 aliphatic carbocycles. The summed E-state index contributed by atoms with van der Waals surface area (Å²) in [6, 6.07) is 10.9. The lowest BCUT2D eigenvalue weighted by Crippen LogP contribution is -2.34. The second-order valence-corrected chi connectivity index (χ2v) is 10.3. The minimum absolute atomic E-state index is 0.224. The topological polar surface area (TPSA) is 29.5 Å². The van der Waals surface area contributed by atoms with Gasteiger partial charge in [-0.15, -0.1) is 0 Å². The zero-order chi connectivity index (χ0) is 22.9. The van der Waals surface area contributed by atoms with Crippen LogP contribution in [0.2, 0.25) is 0 Å². The zero-order valence-corrected chi connectivity index (χ0v) is 20.1. The fraction of sp³-hybridized carbons (Fsp3) is 0.517. The van der Waals surface area contributed by atoms with E-state index >= 15 is 0 Å². The van der Waals surface area contributed by atoms with Gasteiger partial charge in [0, 0.05) is 5.41 Å². The largest absolute Gasteiger partial charge is 0.507 e. The first-order chi connectivity index (χ1) is 15.3. The van der Waals surface area contributed by atoms with E-state index < -0.39 is 0 Å². The van der Waals surface area contributed by atoms with Crippen LogP contribution < -0.4 is 4.74 Å². The van der Waals surface area contributed by atoms with Crippen LogP contribution in [0.15, 0.2) is 42.0 Å². The van der Waals surface area contributed by atoms with Gasteiger partial charge in [-0.25, -0.2) is 4.39 Å². The summed E-state index contributed by atoms with van der Waals surface area (Å²) in [5, 5.41) is 11.2. The third kappa shape index (κ3) is 4.19. The molecule has 0 saturated heterocycles. The average molecular weight is 437 g/mol. The molecular weight excluding hydrogens is 399 g/mol. The van der Waals surface area contributed by atoms with Gasteiger partial charge in [0.2, 0.25) is 0 Å². The first-order valence-electron chi connectivity index (χ1n) is 12.3. The molecule has 2 aliphatic rings. The van der Waals surface area contributed by atoms with Gasteiger partial charge in [-0.3, -0.25) is 0 Å². The molecule has 2 aromatic carbocycles. The van der Waals surface area contributed by atoms with E-state index in [0.29, 0.717) is 5.75 Å². The molecule has 3 heteroatoms. The molecule has 0 spiro atoms. The number of halogens is 1. The first-order valence-corrected chi connectivity index (χ1v) is 12.3. The number of hydrogen-bond donors (Lipinski definition) is 1. The van der Waals surface area contributed by atoms with Crippen molar-refractivity contribution >= 4 is 5.57 Å². The van der Waals surface area contributed by atoms with Crippen molar-refractivity contribution in [3.05, 3.63) is 64.5 Å². The van der Waals surface area contributed by atoms with Gasteiger partial charge in [-0.1, -0.05) is 58.1 Å². The summed E-state index contributed by atoms with van der Waals surface area (Å²) in [5.74, 6) is 0.866. The summed E-state index contributed by atoms with van der Waals surface area (Å²) < 4.78 is 20.2. The van der Waals surface area contributed by atoms with Crippen LogP contribution in [-0.4, -0.2) is 10.7 Å². The Morgan fingerprint density at radius 3 is 2.44 bits per heavy atom. The lowest BCUT2D eigenvalue weighted by atomic mass is 9.72. The van der Waals surface area contributed by atoms with Crippen molar-refractivity contribution in [2.75, 3.05) is 0 Å². The van der Waals surface area contributed by atoms with Crippen LogP contribution >= 0.6 is 0 Å². The van der Waals surface area contributed by atoms with Crippen LogP contribution in [0.3, 0.4) is 0 Å². The van der Waals surface area contributed by atoms with Gasteiger partial charge in [0.05, 0.1) is 5.56 Å². The van der Waals surface area contributed by atoms with Crippen molar-refractivity contribution in [1.29, 1.82) is 0 Å². The molecule has 4 rings (SSSR count). The van der Waals surface area contributed by atoms with E-state index in [1.165, 1.54) is 49.0 Å². The lowest BCUT2D eigenvalue weighted by Gasteiger charge is -2.37. The highest BCUT2D eigenvalue weighted by atomic mass is 19.1. The Labute approximate surface area is 192 Å². The Hall–Kier alpha value is -2.29. The van der Waals surface area contributed by atoms with Gasteiger partial charge in [0.1, 0.15) is 22.9 Å². The quantitative estimate of drug-likeness (QED) is 0.422. The minimum Gasteiger partial charge on any atom is -0.507 e. The number of unbranched alkanes of at least 4 members (excludes halogenated alkanes) is 4. The Bertz CT molecular complexity index is 1000. The highest BCUT2D eigenvalue weighted by molar-refractivity contribution is 5.82. The van der Waals surface area contributed by atoms with Gasteiger partial charge in [0.25, 0.3) is 0 Å². The van der Waals surface area contributed by atoms with Crippen molar-refractivity contribution in [3.8, 4) is 11.5 Å². The van der Waals surface area contributed by atoms with Crippen LogP contribution in [0.5, 0.6) is 11.5 Å². The maximum atomic E-state index is 13.7. The second kappa shape index (κ2) is 8.92. The molecule has 1 unspecified atom stereocenters. The normalized spacial score (nSPS) is 18.7. The number of ether oxygens (including phenoxy) is 1. The molecule has 0 amide bonds. The van der Waals surface area contributed by atoms with Crippen LogP contribution in [0, 0.1) is 5.82 Å².